The highest BCUT2D eigenvalue weighted by atomic mass is 16.5. The maximum Gasteiger partial charge on any atom is 0.311 e. The summed E-state index contributed by atoms with van der Waals surface area (Å²) in [6, 6.07) is 0. The van der Waals surface area contributed by atoms with Crippen LogP contribution < -0.4 is 0 Å². The maximum absolute atomic E-state index is 13.0. The lowest BCUT2D eigenvalue weighted by atomic mass is 9.62. The van der Waals surface area contributed by atoms with E-state index in [1.165, 1.54) is 128 Å². The molecule has 0 amide bonds. The molecule has 3 saturated carbocycles. The van der Waals surface area contributed by atoms with Gasteiger partial charge in [0.15, 0.2) is 0 Å². The minimum absolute atomic E-state index is 0.111. The fourth-order valence-corrected chi connectivity index (χ4v) is 8.20. The van der Waals surface area contributed by atoms with Gasteiger partial charge in [0.05, 0.1) is 12.5 Å². The van der Waals surface area contributed by atoms with E-state index in [1.54, 1.807) is 7.11 Å². The summed E-state index contributed by atoms with van der Waals surface area (Å²) in [6.45, 7) is 4.62. The molecule has 0 aromatic carbocycles. The molecule has 0 aromatic rings. The molecule has 0 bridgehead atoms. The van der Waals surface area contributed by atoms with Gasteiger partial charge in [-0.25, -0.2) is 0 Å². The minimum atomic E-state index is -0.167. The van der Waals surface area contributed by atoms with Crippen LogP contribution in [0.1, 0.15) is 162 Å². The first-order chi connectivity index (χ1) is 17.1. The lowest BCUT2D eigenvalue weighted by Gasteiger charge is -2.43. The highest BCUT2D eigenvalue weighted by Gasteiger charge is 2.44. The molecule has 3 aliphatic carbocycles. The summed E-state index contributed by atoms with van der Waals surface area (Å²) in [4.78, 5) is 13.0. The fourth-order valence-electron chi connectivity index (χ4n) is 8.20. The van der Waals surface area contributed by atoms with Crippen molar-refractivity contribution in [1.82, 2.24) is 0 Å². The van der Waals surface area contributed by atoms with Gasteiger partial charge in [0.25, 0.3) is 0 Å². The van der Waals surface area contributed by atoms with E-state index < -0.39 is 0 Å². The smallest absolute Gasteiger partial charge is 0.311 e. The van der Waals surface area contributed by atoms with Gasteiger partial charge in [0, 0.05) is 0 Å². The van der Waals surface area contributed by atoms with E-state index >= 15 is 0 Å². The molecular weight excluding hydrogens is 428 g/mol. The van der Waals surface area contributed by atoms with Crippen LogP contribution in [0.3, 0.4) is 0 Å². The summed E-state index contributed by atoms with van der Waals surface area (Å²) >= 11 is 0. The molecule has 0 saturated heterocycles. The standard InChI is InChI=1S/C33H60O2/c1-4-6-8-9-10-12-28-17-19-30(20-18-28)31-22-25-33(26-23-31,32(34)35-3)24-21-29-15-13-27(14-16-29)11-7-5-2/h27-31H,4-26H2,1-3H3. The predicted molar refractivity (Wildman–Crippen MR) is 149 cm³/mol. The van der Waals surface area contributed by atoms with Crippen LogP contribution >= 0.6 is 0 Å². The molecule has 3 rings (SSSR count). The van der Waals surface area contributed by atoms with Gasteiger partial charge >= 0.3 is 5.97 Å². The third kappa shape index (κ3) is 9.07. The zero-order valence-corrected chi connectivity index (χ0v) is 24.0. The maximum atomic E-state index is 13.0. The second kappa shape index (κ2) is 15.7. The third-order valence-electron chi connectivity index (χ3n) is 10.8. The van der Waals surface area contributed by atoms with Crippen LogP contribution in [-0.4, -0.2) is 13.1 Å². The molecule has 0 spiro atoms. The van der Waals surface area contributed by atoms with Crippen LogP contribution in [0.25, 0.3) is 0 Å². The summed E-state index contributed by atoms with van der Waals surface area (Å²) in [7, 11) is 1.62. The van der Waals surface area contributed by atoms with Crippen molar-refractivity contribution in [3.8, 4) is 0 Å². The van der Waals surface area contributed by atoms with E-state index in [4.69, 9.17) is 4.74 Å². The van der Waals surface area contributed by atoms with Crippen molar-refractivity contribution in [2.24, 2.45) is 35.0 Å². The fraction of sp³-hybridized carbons (Fsp3) is 0.970. The largest absolute Gasteiger partial charge is 0.469 e. The molecule has 0 heterocycles. The van der Waals surface area contributed by atoms with Gasteiger partial charge in [-0.05, 0) is 81.0 Å². The summed E-state index contributed by atoms with van der Waals surface area (Å²) in [5.74, 6) is 4.74. The first-order valence-corrected chi connectivity index (χ1v) is 16.2. The van der Waals surface area contributed by atoms with Crippen LogP contribution in [0.5, 0.6) is 0 Å². The molecule has 0 N–H and O–H groups in total. The van der Waals surface area contributed by atoms with E-state index in [0.717, 1.165) is 48.9 Å². The van der Waals surface area contributed by atoms with E-state index in [1.807, 2.05) is 0 Å². The molecule has 0 aromatic heterocycles. The molecule has 0 radical (unpaired) electrons. The second-order valence-electron chi connectivity index (χ2n) is 13.2. The highest BCUT2D eigenvalue weighted by Crippen LogP contribution is 2.49. The predicted octanol–water partition coefficient (Wildman–Crippen LogP) is 10.3. The number of esters is 1. The summed E-state index contributed by atoms with van der Waals surface area (Å²) in [5.41, 5.74) is -0.167. The molecule has 2 heteroatoms. The van der Waals surface area contributed by atoms with Crippen molar-refractivity contribution < 1.29 is 9.53 Å². The van der Waals surface area contributed by atoms with Crippen molar-refractivity contribution in [2.45, 2.75) is 162 Å². The Morgan fingerprint density at radius 3 is 1.69 bits per heavy atom. The van der Waals surface area contributed by atoms with Crippen LogP contribution in [0.2, 0.25) is 0 Å². The molecule has 3 fully saturated rings. The Balaban J connectivity index is 1.38. The number of unbranched alkanes of at least 4 members (excludes halogenated alkanes) is 5. The van der Waals surface area contributed by atoms with E-state index in [0.29, 0.717) is 0 Å². The summed E-state index contributed by atoms with van der Waals surface area (Å²) in [5, 5.41) is 0. The molecular formula is C33H60O2. The van der Waals surface area contributed by atoms with Crippen molar-refractivity contribution in [3.05, 3.63) is 0 Å². The Kier molecular flexibility index (Phi) is 13.0. The zero-order chi connectivity index (χ0) is 24.9. The molecule has 3 aliphatic rings. The Morgan fingerprint density at radius 1 is 0.629 bits per heavy atom. The van der Waals surface area contributed by atoms with Crippen LogP contribution in [0.4, 0.5) is 0 Å². The van der Waals surface area contributed by atoms with Crippen LogP contribution in [0, 0.1) is 35.0 Å². The van der Waals surface area contributed by atoms with Gasteiger partial charge in [-0.15, -0.1) is 0 Å². The van der Waals surface area contributed by atoms with Crippen molar-refractivity contribution in [3.63, 3.8) is 0 Å². The number of rotatable bonds is 14. The third-order valence-corrected chi connectivity index (χ3v) is 10.8. The molecule has 204 valence electrons. The van der Waals surface area contributed by atoms with Gasteiger partial charge in [-0.3, -0.25) is 4.79 Å². The number of methoxy groups -OCH3 is 1. The molecule has 0 unspecified atom stereocenters. The number of carbonyl (C=O) groups excluding carboxylic acids is 1. The van der Waals surface area contributed by atoms with E-state index in [2.05, 4.69) is 13.8 Å². The first-order valence-electron chi connectivity index (χ1n) is 16.2. The molecule has 0 atom stereocenters. The highest BCUT2D eigenvalue weighted by molar-refractivity contribution is 5.76. The van der Waals surface area contributed by atoms with Gasteiger partial charge < -0.3 is 4.74 Å². The van der Waals surface area contributed by atoms with Crippen LogP contribution in [0.15, 0.2) is 0 Å². The Labute approximate surface area is 219 Å². The van der Waals surface area contributed by atoms with Crippen molar-refractivity contribution in [1.29, 1.82) is 0 Å². The van der Waals surface area contributed by atoms with Crippen LogP contribution in [-0.2, 0) is 9.53 Å². The molecule has 2 nitrogen and oxygen atoms in total. The van der Waals surface area contributed by atoms with Crippen molar-refractivity contribution in [2.75, 3.05) is 7.11 Å². The lowest BCUT2D eigenvalue weighted by molar-refractivity contribution is -0.157. The van der Waals surface area contributed by atoms with Gasteiger partial charge in [-0.2, -0.15) is 0 Å². The Hall–Kier alpha value is -0.530. The normalized spacial score (nSPS) is 34.0. The number of hydrogen-bond acceptors (Lipinski definition) is 2. The van der Waals surface area contributed by atoms with Crippen molar-refractivity contribution >= 4 is 5.97 Å². The zero-order valence-electron chi connectivity index (χ0n) is 24.0. The SMILES string of the molecule is CCCCCCCC1CCC(C2CCC(CCC3CCC(CCCC)CC3)(C(=O)OC)CC2)CC1. The minimum Gasteiger partial charge on any atom is -0.469 e. The molecule has 0 aliphatic heterocycles. The quantitative estimate of drug-likeness (QED) is 0.179. The molecule has 35 heavy (non-hydrogen) atoms. The number of hydrogen-bond donors (Lipinski definition) is 0. The van der Waals surface area contributed by atoms with E-state index in [9.17, 15) is 4.79 Å². The Morgan fingerprint density at radius 2 is 1.11 bits per heavy atom. The summed E-state index contributed by atoms with van der Waals surface area (Å²) < 4.78 is 5.41. The summed E-state index contributed by atoms with van der Waals surface area (Å²) in [6.07, 6.45) is 31.3. The van der Waals surface area contributed by atoms with E-state index in [-0.39, 0.29) is 11.4 Å². The number of carbonyl (C=O) groups is 1. The first kappa shape index (κ1) is 29.0. The average molecular weight is 489 g/mol. The lowest BCUT2D eigenvalue weighted by Crippen LogP contribution is -2.39. The Bertz CT molecular complexity index is 560. The van der Waals surface area contributed by atoms with Gasteiger partial charge in [0.2, 0.25) is 0 Å². The van der Waals surface area contributed by atoms with Gasteiger partial charge in [-0.1, -0.05) is 110 Å². The second-order valence-corrected chi connectivity index (χ2v) is 13.2. The van der Waals surface area contributed by atoms with Gasteiger partial charge in [0.1, 0.15) is 0 Å². The number of ether oxygens (including phenoxy) is 1. The average Bonchev–Trinajstić information content (AvgIpc) is 2.91. The monoisotopic (exact) mass is 488 g/mol. The topological polar surface area (TPSA) is 26.3 Å².